The summed E-state index contributed by atoms with van der Waals surface area (Å²) in [5.74, 6) is 1.69. The Morgan fingerprint density at radius 1 is 1.06 bits per heavy atom. The maximum atomic E-state index is 6.00. The zero-order valence-electron chi connectivity index (χ0n) is 19.9. The van der Waals surface area contributed by atoms with Crippen molar-refractivity contribution in [2.45, 2.75) is 39.9 Å². The minimum absolute atomic E-state index is 0.606. The first-order valence-corrected chi connectivity index (χ1v) is 11.4. The van der Waals surface area contributed by atoms with E-state index in [1.807, 2.05) is 12.5 Å². The van der Waals surface area contributed by atoms with Gasteiger partial charge >= 0.3 is 0 Å². The Morgan fingerprint density at radius 2 is 1.88 bits per heavy atom. The van der Waals surface area contributed by atoms with Gasteiger partial charge in [-0.25, -0.2) is 9.98 Å². The quantitative estimate of drug-likeness (QED) is 0.249. The third kappa shape index (κ3) is 8.27. The number of imidazole rings is 1. The summed E-state index contributed by atoms with van der Waals surface area (Å²) in [6, 6.07) is 14.8. The fraction of sp³-hybridized carbons (Fsp3) is 0.385. The highest BCUT2D eigenvalue weighted by molar-refractivity contribution is 5.79. The molecule has 1 aromatic heterocycles. The van der Waals surface area contributed by atoms with Crippen molar-refractivity contribution in [2.75, 3.05) is 26.9 Å². The Morgan fingerprint density at radius 3 is 2.61 bits per heavy atom. The second kappa shape index (κ2) is 13.3. The van der Waals surface area contributed by atoms with E-state index in [0.717, 1.165) is 36.8 Å². The van der Waals surface area contributed by atoms with Gasteiger partial charge < -0.3 is 24.7 Å². The van der Waals surface area contributed by atoms with Crippen LogP contribution in [0.5, 0.6) is 5.75 Å². The molecule has 0 atom stereocenters. The van der Waals surface area contributed by atoms with Crippen LogP contribution in [0.25, 0.3) is 0 Å². The molecule has 33 heavy (non-hydrogen) atoms. The number of nitrogens with one attached hydrogen (secondary N) is 2. The average molecular weight is 450 g/mol. The van der Waals surface area contributed by atoms with Crippen molar-refractivity contribution in [3.8, 4) is 5.75 Å². The van der Waals surface area contributed by atoms with Crippen LogP contribution in [0.3, 0.4) is 0 Å². The van der Waals surface area contributed by atoms with Crippen LogP contribution >= 0.6 is 0 Å². The minimum atomic E-state index is 0.606. The molecule has 0 spiro atoms. The standard InChI is InChI=1S/C26H35N5O2/c1-4-28-26(29-17-22-7-9-23(10-8-22)19-31-13-12-27-20-31)30-18-24-11-6-21(2)16-25(24)33-15-5-14-32-3/h6-13,16,20H,4-5,14-15,17-19H2,1-3H3,(H2,28,29,30). The zero-order chi connectivity index (χ0) is 23.3. The van der Waals surface area contributed by atoms with Gasteiger partial charge in [-0.1, -0.05) is 36.4 Å². The van der Waals surface area contributed by atoms with Crippen molar-refractivity contribution in [2.24, 2.45) is 4.99 Å². The second-order valence-corrected chi connectivity index (χ2v) is 7.91. The van der Waals surface area contributed by atoms with Crippen molar-refractivity contribution in [1.82, 2.24) is 20.2 Å². The van der Waals surface area contributed by atoms with Crippen molar-refractivity contribution in [3.63, 3.8) is 0 Å². The lowest BCUT2D eigenvalue weighted by molar-refractivity contribution is 0.171. The molecule has 1 heterocycles. The average Bonchev–Trinajstić information content (AvgIpc) is 3.33. The van der Waals surface area contributed by atoms with Gasteiger partial charge in [0, 0.05) is 57.7 Å². The summed E-state index contributed by atoms with van der Waals surface area (Å²) in [6.07, 6.45) is 6.46. The molecule has 0 aliphatic heterocycles. The van der Waals surface area contributed by atoms with Crippen LogP contribution in [-0.4, -0.2) is 42.4 Å². The van der Waals surface area contributed by atoms with Gasteiger partial charge in [0.25, 0.3) is 0 Å². The molecular weight excluding hydrogens is 414 g/mol. The van der Waals surface area contributed by atoms with Gasteiger partial charge in [0.15, 0.2) is 5.96 Å². The molecule has 7 heteroatoms. The van der Waals surface area contributed by atoms with E-state index in [4.69, 9.17) is 14.5 Å². The lowest BCUT2D eigenvalue weighted by Gasteiger charge is -2.15. The van der Waals surface area contributed by atoms with Gasteiger partial charge in [0.1, 0.15) is 5.75 Å². The highest BCUT2D eigenvalue weighted by atomic mass is 16.5. The van der Waals surface area contributed by atoms with Gasteiger partial charge in [0.05, 0.1) is 19.5 Å². The number of benzene rings is 2. The van der Waals surface area contributed by atoms with Gasteiger partial charge in [-0.3, -0.25) is 0 Å². The van der Waals surface area contributed by atoms with E-state index >= 15 is 0 Å². The highest BCUT2D eigenvalue weighted by Gasteiger charge is 2.06. The van der Waals surface area contributed by atoms with Gasteiger partial charge in [0.2, 0.25) is 0 Å². The molecule has 0 bridgehead atoms. The Labute approximate surface area is 196 Å². The normalized spacial score (nSPS) is 11.4. The summed E-state index contributed by atoms with van der Waals surface area (Å²) in [6.45, 7) is 8.33. The molecule has 0 saturated carbocycles. The van der Waals surface area contributed by atoms with Crippen LogP contribution in [0.1, 0.15) is 35.6 Å². The largest absolute Gasteiger partial charge is 0.493 e. The van der Waals surface area contributed by atoms with Crippen LogP contribution in [0.4, 0.5) is 0 Å². The van der Waals surface area contributed by atoms with E-state index in [-0.39, 0.29) is 0 Å². The number of rotatable bonds is 12. The number of nitrogens with zero attached hydrogens (tertiary/aromatic N) is 3. The molecule has 0 radical (unpaired) electrons. The maximum absolute atomic E-state index is 6.00. The predicted octanol–water partition coefficient (Wildman–Crippen LogP) is 3.91. The Bertz CT molecular complexity index is 984. The van der Waals surface area contributed by atoms with Crippen molar-refractivity contribution >= 4 is 5.96 Å². The van der Waals surface area contributed by atoms with Gasteiger partial charge in [-0.05, 0) is 36.6 Å². The van der Waals surface area contributed by atoms with Crippen LogP contribution in [0.15, 0.2) is 66.2 Å². The minimum Gasteiger partial charge on any atom is -0.493 e. The first kappa shape index (κ1) is 24.3. The highest BCUT2D eigenvalue weighted by Crippen LogP contribution is 2.20. The summed E-state index contributed by atoms with van der Waals surface area (Å²) in [5.41, 5.74) is 4.69. The molecule has 2 aromatic carbocycles. The molecule has 0 unspecified atom stereocenters. The zero-order valence-corrected chi connectivity index (χ0v) is 19.9. The number of aromatic nitrogens is 2. The van der Waals surface area contributed by atoms with Crippen molar-refractivity contribution < 1.29 is 9.47 Å². The molecule has 3 aromatic rings. The third-order valence-electron chi connectivity index (χ3n) is 5.13. The van der Waals surface area contributed by atoms with E-state index in [2.05, 4.69) is 76.5 Å². The van der Waals surface area contributed by atoms with E-state index in [1.165, 1.54) is 16.7 Å². The van der Waals surface area contributed by atoms with Crippen LogP contribution in [0.2, 0.25) is 0 Å². The number of aliphatic imine (C=N–C) groups is 1. The van der Waals surface area contributed by atoms with Crippen molar-refractivity contribution in [1.29, 1.82) is 0 Å². The summed E-state index contributed by atoms with van der Waals surface area (Å²) < 4.78 is 13.2. The van der Waals surface area contributed by atoms with Crippen molar-refractivity contribution in [3.05, 3.63) is 83.4 Å². The van der Waals surface area contributed by atoms with E-state index in [9.17, 15) is 0 Å². The fourth-order valence-corrected chi connectivity index (χ4v) is 3.36. The molecule has 0 amide bonds. The SMILES string of the molecule is CCNC(=NCc1ccc(Cn2ccnc2)cc1)NCc1ccc(C)cc1OCCCOC. The maximum Gasteiger partial charge on any atom is 0.191 e. The number of aryl methyl sites for hydroxylation is 1. The molecule has 0 aliphatic rings. The van der Waals surface area contributed by atoms with Crippen LogP contribution in [-0.2, 0) is 24.4 Å². The number of guanidine groups is 1. The summed E-state index contributed by atoms with van der Waals surface area (Å²) in [4.78, 5) is 8.85. The molecule has 2 N–H and O–H groups in total. The topological polar surface area (TPSA) is 72.7 Å². The molecule has 7 nitrogen and oxygen atoms in total. The second-order valence-electron chi connectivity index (χ2n) is 7.91. The summed E-state index contributed by atoms with van der Waals surface area (Å²) >= 11 is 0. The Hall–Kier alpha value is -3.32. The number of hydrogen-bond donors (Lipinski definition) is 2. The third-order valence-corrected chi connectivity index (χ3v) is 5.13. The molecule has 0 fully saturated rings. The first-order valence-electron chi connectivity index (χ1n) is 11.4. The predicted molar refractivity (Wildman–Crippen MR) is 133 cm³/mol. The number of ether oxygens (including phenoxy) is 2. The smallest absolute Gasteiger partial charge is 0.191 e. The fourth-order valence-electron chi connectivity index (χ4n) is 3.36. The Balaban J connectivity index is 1.58. The monoisotopic (exact) mass is 449 g/mol. The van der Waals surface area contributed by atoms with Crippen LogP contribution in [0, 0.1) is 6.92 Å². The molecule has 176 valence electrons. The van der Waals surface area contributed by atoms with Gasteiger partial charge in [-0.15, -0.1) is 0 Å². The molecule has 0 aliphatic carbocycles. The lowest BCUT2D eigenvalue weighted by Crippen LogP contribution is -2.36. The molecule has 0 saturated heterocycles. The van der Waals surface area contributed by atoms with E-state index in [1.54, 1.807) is 13.3 Å². The number of hydrogen-bond acceptors (Lipinski definition) is 4. The summed E-state index contributed by atoms with van der Waals surface area (Å²) in [5, 5.41) is 6.76. The molecular formula is C26H35N5O2. The van der Waals surface area contributed by atoms with Gasteiger partial charge in [-0.2, -0.15) is 0 Å². The number of methoxy groups -OCH3 is 1. The lowest BCUT2D eigenvalue weighted by atomic mass is 10.1. The van der Waals surface area contributed by atoms with E-state index in [0.29, 0.717) is 26.3 Å². The first-order chi connectivity index (χ1) is 16.2. The Kier molecular flexibility index (Phi) is 9.79. The van der Waals surface area contributed by atoms with Crippen LogP contribution < -0.4 is 15.4 Å². The summed E-state index contributed by atoms with van der Waals surface area (Å²) in [7, 11) is 1.71. The molecule has 3 rings (SSSR count). The van der Waals surface area contributed by atoms with E-state index < -0.39 is 0 Å².